The summed E-state index contributed by atoms with van der Waals surface area (Å²) >= 11 is 0. The van der Waals surface area contributed by atoms with Gasteiger partial charge < -0.3 is 15.5 Å². The maximum absolute atomic E-state index is 12.9. The lowest BCUT2D eigenvalue weighted by molar-refractivity contribution is -0.148. The van der Waals surface area contributed by atoms with Crippen molar-refractivity contribution >= 4 is 17.7 Å². The van der Waals surface area contributed by atoms with Crippen molar-refractivity contribution in [1.82, 2.24) is 21.0 Å². The molecule has 1 saturated carbocycles. The van der Waals surface area contributed by atoms with Gasteiger partial charge >= 0.3 is 0 Å². The SMILES string of the molecule is CNC(=O)[C@@](C)(C(=O)NO)N(C)C(=O)c1ccc(C#Cc2ccc(CNCC3CC3C)cc2)cc1. The van der Waals surface area contributed by atoms with E-state index in [0.717, 1.165) is 41.0 Å². The van der Waals surface area contributed by atoms with Crippen molar-refractivity contribution in [3.63, 3.8) is 0 Å². The predicted octanol–water partition coefficient (Wildman–Crippen LogP) is 1.91. The molecule has 0 radical (unpaired) electrons. The first kappa shape index (κ1) is 25.9. The lowest BCUT2D eigenvalue weighted by Crippen LogP contribution is -2.64. The molecule has 2 unspecified atom stereocenters. The highest BCUT2D eigenvalue weighted by Gasteiger charge is 2.47. The molecule has 0 aliphatic heterocycles. The highest BCUT2D eigenvalue weighted by Crippen LogP contribution is 2.36. The van der Waals surface area contributed by atoms with E-state index in [4.69, 9.17) is 5.21 Å². The zero-order valence-corrected chi connectivity index (χ0v) is 20.5. The molecule has 0 spiro atoms. The van der Waals surface area contributed by atoms with Gasteiger partial charge in [0.1, 0.15) is 0 Å². The Balaban J connectivity index is 1.63. The van der Waals surface area contributed by atoms with Gasteiger partial charge in [-0.15, -0.1) is 0 Å². The number of rotatable bonds is 8. The van der Waals surface area contributed by atoms with Crippen LogP contribution in [0.2, 0.25) is 0 Å². The quantitative estimate of drug-likeness (QED) is 0.201. The summed E-state index contributed by atoms with van der Waals surface area (Å²) in [6.45, 7) is 5.45. The molecule has 0 bridgehead atoms. The molecule has 1 aliphatic carbocycles. The van der Waals surface area contributed by atoms with Crippen LogP contribution in [0.3, 0.4) is 0 Å². The third kappa shape index (κ3) is 6.07. The summed E-state index contributed by atoms with van der Waals surface area (Å²) in [5, 5.41) is 14.9. The van der Waals surface area contributed by atoms with Crippen LogP contribution >= 0.6 is 0 Å². The van der Waals surface area contributed by atoms with Crippen molar-refractivity contribution in [3.8, 4) is 11.8 Å². The minimum Gasteiger partial charge on any atom is -0.357 e. The number of nitrogens with one attached hydrogen (secondary N) is 3. The molecule has 2 aromatic rings. The Morgan fingerprint density at radius 1 is 1.03 bits per heavy atom. The number of likely N-dealkylation sites (N-methyl/N-ethyl adjacent to an activating group) is 2. The number of hydrogen-bond donors (Lipinski definition) is 4. The zero-order chi connectivity index (χ0) is 25.6. The van der Waals surface area contributed by atoms with Crippen LogP contribution in [0.5, 0.6) is 0 Å². The fraction of sp³-hybridized carbons (Fsp3) is 0.370. The van der Waals surface area contributed by atoms with Crippen molar-refractivity contribution < 1.29 is 19.6 Å². The van der Waals surface area contributed by atoms with Crippen molar-refractivity contribution in [1.29, 1.82) is 0 Å². The van der Waals surface area contributed by atoms with Crippen LogP contribution in [-0.4, -0.2) is 54.0 Å². The van der Waals surface area contributed by atoms with E-state index >= 15 is 0 Å². The van der Waals surface area contributed by atoms with Gasteiger partial charge in [-0.05, 0) is 73.7 Å². The summed E-state index contributed by atoms with van der Waals surface area (Å²) in [5.74, 6) is 5.56. The number of hydroxylamine groups is 1. The van der Waals surface area contributed by atoms with Gasteiger partial charge in [-0.3, -0.25) is 19.6 Å². The molecule has 2 aromatic carbocycles. The number of benzene rings is 2. The Kier molecular flexibility index (Phi) is 8.28. The van der Waals surface area contributed by atoms with Crippen molar-refractivity contribution in [2.75, 3.05) is 20.6 Å². The molecule has 3 amide bonds. The van der Waals surface area contributed by atoms with Crippen LogP contribution in [0, 0.1) is 23.7 Å². The molecule has 35 heavy (non-hydrogen) atoms. The minimum atomic E-state index is -1.93. The van der Waals surface area contributed by atoms with Crippen LogP contribution in [-0.2, 0) is 16.1 Å². The van der Waals surface area contributed by atoms with Crippen LogP contribution in [0.25, 0.3) is 0 Å². The topological polar surface area (TPSA) is 111 Å². The largest absolute Gasteiger partial charge is 0.357 e. The van der Waals surface area contributed by atoms with Gasteiger partial charge in [-0.1, -0.05) is 30.9 Å². The van der Waals surface area contributed by atoms with E-state index in [-0.39, 0.29) is 5.56 Å². The summed E-state index contributed by atoms with van der Waals surface area (Å²) in [5.41, 5.74) is 2.62. The summed E-state index contributed by atoms with van der Waals surface area (Å²) < 4.78 is 0. The standard InChI is InChI=1S/C27H32N4O4/c1-18-15-23(18)17-29-16-21-9-7-19(8-10-21)5-6-20-11-13-22(14-12-20)24(32)31(4)27(2,25(33)28-3)26(34)30-35/h7-14,18,23,29,35H,15-17H2,1-4H3,(H,28,33)(H,30,34)/t18?,23?,27-/m0/s1. The molecule has 3 atom stereocenters. The highest BCUT2D eigenvalue weighted by atomic mass is 16.5. The van der Waals surface area contributed by atoms with Gasteiger partial charge in [0.05, 0.1) is 0 Å². The Labute approximate surface area is 206 Å². The molecule has 184 valence electrons. The van der Waals surface area contributed by atoms with Gasteiger partial charge in [-0.25, -0.2) is 5.48 Å². The maximum atomic E-state index is 12.9. The highest BCUT2D eigenvalue weighted by molar-refractivity contribution is 6.12. The fourth-order valence-electron chi connectivity index (χ4n) is 3.79. The van der Waals surface area contributed by atoms with Crippen molar-refractivity contribution in [2.24, 2.45) is 11.8 Å². The van der Waals surface area contributed by atoms with Crippen LogP contribution < -0.4 is 16.1 Å². The number of carbonyl (C=O) groups is 3. The second kappa shape index (κ2) is 11.2. The molecule has 4 N–H and O–H groups in total. The molecule has 8 nitrogen and oxygen atoms in total. The van der Waals surface area contributed by atoms with Gasteiger partial charge in [0.2, 0.25) is 0 Å². The lowest BCUT2D eigenvalue weighted by Gasteiger charge is -2.34. The maximum Gasteiger partial charge on any atom is 0.278 e. The molecule has 0 aromatic heterocycles. The molecule has 3 rings (SSSR count). The molecule has 8 heteroatoms. The number of nitrogens with zero attached hydrogens (tertiary/aromatic N) is 1. The predicted molar refractivity (Wildman–Crippen MR) is 132 cm³/mol. The monoisotopic (exact) mass is 476 g/mol. The molecular formula is C27H32N4O4. The number of hydrogen-bond acceptors (Lipinski definition) is 5. The van der Waals surface area contributed by atoms with Gasteiger partial charge in [0, 0.05) is 37.3 Å². The third-order valence-corrected chi connectivity index (χ3v) is 6.64. The van der Waals surface area contributed by atoms with Crippen LogP contribution in [0.4, 0.5) is 0 Å². The van der Waals surface area contributed by atoms with Crippen LogP contribution in [0.1, 0.15) is 47.3 Å². The minimum absolute atomic E-state index is 0.274. The van der Waals surface area contributed by atoms with Gasteiger partial charge in [0.15, 0.2) is 5.54 Å². The molecule has 0 saturated heterocycles. The molecular weight excluding hydrogens is 444 g/mol. The number of amides is 3. The van der Waals surface area contributed by atoms with E-state index in [1.54, 1.807) is 24.3 Å². The van der Waals surface area contributed by atoms with Crippen molar-refractivity contribution in [3.05, 3.63) is 70.8 Å². The molecule has 0 heterocycles. The Bertz CT molecular complexity index is 1120. The number of carbonyl (C=O) groups excluding carboxylic acids is 3. The first-order chi connectivity index (χ1) is 16.7. The van der Waals surface area contributed by atoms with E-state index in [1.807, 2.05) is 12.1 Å². The Morgan fingerprint density at radius 2 is 1.57 bits per heavy atom. The normalized spacial score (nSPS) is 17.9. The first-order valence-electron chi connectivity index (χ1n) is 11.6. The third-order valence-electron chi connectivity index (χ3n) is 6.64. The Morgan fingerprint density at radius 3 is 2.06 bits per heavy atom. The second-order valence-electron chi connectivity index (χ2n) is 9.08. The van der Waals surface area contributed by atoms with Crippen LogP contribution in [0.15, 0.2) is 48.5 Å². The summed E-state index contributed by atoms with van der Waals surface area (Å²) in [7, 11) is 2.67. The molecule has 1 aliphatic rings. The van der Waals surface area contributed by atoms with E-state index in [1.165, 1.54) is 38.5 Å². The van der Waals surface area contributed by atoms with E-state index in [2.05, 4.69) is 41.5 Å². The summed E-state index contributed by atoms with van der Waals surface area (Å²) in [4.78, 5) is 38.4. The summed E-state index contributed by atoms with van der Waals surface area (Å²) in [6.07, 6.45) is 1.32. The smallest absolute Gasteiger partial charge is 0.278 e. The lowest BCUT2D eigenvalue weighted by atomic mass is 9.96. The zero-order valence-electron chi connectivity index (χ0n) is 20.5. The van der Waals surface area contributed by atoms with Gasteiger partial charge in [-0.2, -0.15) is 0 Å². The summed E-state index contributed by atoms with van der Waals surface area (Å²) in [6, 6.07) is 14.7. The average Bonchev–Trinajstić information content (AvgIpc) is 3.60. The molecule has 1 fully saturated rings. The average molecular weight is 477 g/mol. The van der Waals surface area contributed by atoms with Gasteiger partial charge in [0.25, 0.3) is 17.7 Å². The van der Waals surface area contributed by atoms with Crippen molar-refractivity contribution in [2.45, 2.75) is 32.4 Å². The van der Waals surface area contributed by atoms with E-state index in [9.17, 15) is 14.4 Å². The first-order valence-corrected chi connectivity index (χ1v) is 11.6. The Hall–Kier alpha value is -3.67. The van der Waals surface area contributed by atoms with E-state index in [0.29, 0.717) is 0 Å². The van der Waals surface area contributed by atoms with E-state index < -0.39 is 23.3 Å². The second-order valence-corrected chi connectivity index (χ2v) is 9.08. The fourth-order valence-corrected chi connectivity index (χ4v) is 3.79.